The van der Waals surface area contributed by atoms with E-state index in [-0.39, 0.29) is 35.7 Å². The van der Waals surface area contributed by atoms with Crippen molar-refractivity contribution in [2.45, 2.75) is 65.4 Å². The predicted octanol–water partition coefficient (Wildman–Crippen LogP) is 4.08. The molecule has 2 aliphatic rings. The normalized spacial score (nSPS) is 28.7. The number of benzene rings is 1. The fourth-order valence-corrected chi connectivity index (χ4v) is 7.55. The van der Waals surface area contributed by atoms with Crippen molar-refractivity contribution in [1.82, 2.24) is 9.88 Å². The number of anilines is 1. The molecule has 2 aromatic rings. The van der Waals surface area contributed by atoms with Gasteiger partial charge < -0.3 is 19.8 Å². The summed E-state index contributed by atoms with van der Waals surface area (Å²) in [5.41, 5.74) is 0.361. The fourth-order valence-electron chi connectivity index (χ4n) is 6.49. The van der Waals surface area contributed by atoms with Gasteiger partial charge in [0.05, 0.1) is 25.5 Å². The standard InChI is InChI=1S/C28H39N3O5S/c1-6-31(7-2)23(34)14-19-24-20(15-21-27(19,3)13-12-22(33)28(21,4)16-32)37-26(29-24)30-25(35)17-8-10-18(36-5)11-9-17/h8-11,19,21-22,32-33H,6-7,12-16H2,1-5H3,(H,29,30,35). The minimum atomic E-state index is -0.683. The molecule has 1 saturated carbocycles. The third-order valence-electron chi connectivity index (χ3n) is 8.96. The first kappa shape index (κ1) is 27.5. The van der Waals surface area contributed by atoms with Crippen LogP contribution in [0.5, 0.6) is 5.75 Å². The summed E-state index contributed by atoms with van der Waals surface area (Å²) < 4.78 is 5.18. The summed E-state index contributed by atoms with van der Waals surface area (Å²) in [5, 5.41) is 24.8. The number of amides is 2. The van der Waals surface area contributed by atoms with Crippen molar-refractivity contribution in [2.75, 3.05) is 32.1 Å². The fraction of sp³-hybridized carbons (Fsp3) is 0.607. The Hall–Kier alpha value is -2.49. The third kappa shape index (κ3) is 4.89. The van der Waals surface area contributed by atoms with E-state index in [1.165, 1.54) is 11.3 Å². The Balaban J connectivity index is 1.70. The maximum absolute atomic E-state index is 13.3. The SMILES string of the molecule is CCN(CC)C(=O)CC1c2nc(NC(=O)c3ccc(OC)cc3)sc2CC2C(C)(CO)C(O)CCC12C. The molecule has 2 aliphatic carbocycles. The number of thiazole rings is 1. The van der Waals surface area contributed by atoms with Gasteiger partial charge in [-0.25, -0.2) is 4.98 Å². The van der Waals surface area contributed by atoms with E-state index in [1.54, 1.807) is 31.4 Å². The number of aromatic nitrogens is 1. The third-order valence-corrected chi connectivity index (χ3v) is 9.97. The van der Waals surface area contributed by atoms with Crippen molar-refractivity contribution >= 4 is 28.3 Å². The van der Waals surface area contributed by atoms with Crippen molar-refractivity contribution in [3.05, 3.63) is 40.4 Å². The van der Waals surface area contributed by atoms with Crippen molar-refractivity contribution in [3.8, 4) is 5.75 Å². The largest absolute Gasteiger partial charge is 0.497 e. The van der Waals surface area contributed by atoms with E-state index in [9.17, 15) is 19.8 Å². The maximum Gasteiger partial charge on any atom is 0.257 e. The van der Waals surface area contributed by atoms with Gasteiger partial charge in [-0.1, -0.05) is 13.8 Å². The van der Waals surface area contributed by atoms with Gasteiger partial charge in [0.1, 0.15) is 5.75 Å². The van der Waals surface area contributed by atoms with Crippen molar-refractivity contribution in [2.24, 2.45) is 16.7 Å². The Labute approximate surface area is 223 Å². The van der Waals surface area contributed by atoms with Crippen LogP contribution in [0.3, 0.4) is 0 Å². The molecule has 2 amide bonds. The highest BCUT2D eigenvalue weighted by atomic mass is 32.1. The van der Waals surface area contributed by atoms with E-state index in [0.29, 0.717) is 48.8 Å². The Morgan fingerprint density at radius 1 is 1.22 bits per heavy atom. The first-order chi connectivity index (χ1) is 17.6. The molecular weight excluding hydrogens is 490 g/mol. The number of carbonyl (C=O) groups excluding carboxylic acids is 2. The van der Waals surface area contributed by atoms with Gasteiger partial charge in [-0.05, 0) is 68.7 Å². The summed E-state index contributed by atoms with van der Waals surface area (Å²) in [5.74, 6) is 0.295. The molecule has 5 atom stereocenters. The molecule has 3 N–H and O–H groups in total. The quantitative estimate of drug-likeness (QED) is 0.475. The summed E-state index contributed by atoms with van der Waals surface area (Å²) in [6, 6.07) is 6.89. The molecule has 1 aromatic heterocycles. The first-order valence-electron chi connectivity index (χ1n) is 13.1. The second-order valence-electron chi connectivity index (χ2n) is 10.8. The van der Waals surface area contributed by atoms with Gasteiger partial charge in [0.15, 0.2) is 5.13 Å². The van der Waals surface area contributed by atoms with Gasteiger partial charge >= 0.3 is 0 Å². The van der Waals surface area contributed by atoms with Crippen LogP contribution in [-0.2, 0) is 11.2 Å². The van der Waals surface area contributed by atoms with E-state index in [1.807, 2.05) is 25.7 Å². The van der Waals surface area contributed by atoms with E-state index >= 15 is 0 Å². The van der Waals surface area contributed by atoms with Crippen LogP contribution in [0.4, 0.5) is 5.13 Å². The van der Waals surface area contributed by atoms with Crippen LogP contribution in [0.15, 0.2) is 24.3 Å². The molecule has 1 aromatic carbocycles. The lowest BCUT2D eigenvalue weighted by molar-refractivity contribution is -0.147. The highest BCUT2D eigenvalue weighted by Gasteiger charge is 2.59. The number of fused-ring (bicyclic) bond motifs is 2. The van der Waals surface area contributed by atoms with E-state index in [0.717, 1.165) is 17.0 Å². The number of ether oxygens (including phenoxy) is 1. The molecule has 37 heavy (non-hydrogen) atoms. The van der Waals surface area contributed by atoms with Gasteiger partial charge in [-0.2, -0.15) is 0 Å². The number of carbonyl (C=O) groups is 2. The Bertz CT molecular complexity index is 1130. The number of rotatable bonds is 8. The number of nitrogens with one attached hydrogen (secondary N) is 1. The number of hydrogen-bond acceptors (Lipinski definition) is 7. The Morgan fingerprint density at radius 3 is 2.49 bits per heavy atom. The van der Waals surface area contributed by atoms with Crippen molar-refractivity contribution in [1.29, 1.82) is 0 Å². The Morgan fingerprint density at radius 2 is 1.89 bits per heavy atom. The van der Waals surface area contributed by atoms with E-state index in [4.69, 9.17) is 9.72 Å². The molecule has 1 fully saturated rings. The second kappa shape index (κ2) is 10.7. The molecule has 0 aliphatic heterocycles. The molecule has 0 saturated heterocycles. The lowest BCUT2D eigenvalue weighted by Crippen LogP contribution is -2.57. The second-order valence-corrected chi connectivity index (χ2v) is 11.9. The summed E-state index contributed by atoms with van der Waals surface area (Å²) in [6.07, 6.45) is 1.66. The lowest BCUT2D eigenvalue weighted by Gasteiger charge is -2.58. The molecule has 9 heteroatoms. The molecule has 202 valence electrons. The highest BCUT2D eigenvalue weighted by Crippen LogP contribution is 2.62. The average molecular weight is 530 g/mol. The van der Waals surface area contributed by atoms with E-state index in [2.05, 4.69) is 12.2 Å². The highest BCUT2D eigenvalue weighted by molar-refractivity contribution is 7.15. The minimum Gasteiger partial charge on any atom is -0.497 e. The van der Waals surface area contributed by atoms with Gasteiger partial charge in [0.2, 0.25) is 5.91 Å². The van der Waals surface area contributed by atoms with Crippen molar-refractivity contribution < 1.29 is 24.5 Å². The number of nitrogens with zero attached hydrogens (tertiary/aromatic N) is 2. The lowest BCUT2D eigenvalue weighted by atomic mass is 9.47. The summed E-state index contributed by atoms with van der Waals surface area (Å²) in [6.45, 7) is 9.27. The van der Waals surface area contributed by atoms with Gasteiger partial charge in [-0.15, -0.1) is 11.3 Å². The first-order valence-corrected chi connectivity index (χ1v) is 13.9. The predicted molar refractivity (Wildman–Crippen MR) is 144 cm³/mol. The van der Waals surface area contributed by atoms with Crippen LogP contribution in [-0.4, -0.2) is 64.8 Å². The summed E-state index contributed by atoms with van der Waals surface area (Å²) in [4.78, 5) is 34.0. The van der Waals surface area contributed by atoms with Crippen molar-refractivity contribution in [3.63, 3.8) is 0 Å². The topological polar surface area (TPSA) is 112 Å². The van der Waals surface area contributed by atoms with Gasteiger partial charge in [0, 0.05) is 41.3 Å². The van der Waals surface area contributed by atoms with Crippen LogP contribution < -0.4 is 10.1 Å². The zero-order valence-corrected chi connectivity index (χ0v) is 23.2. The molecule has 8 nitrogen and oxygen atoms in total. The number of aliphatic hydroxyl groups excluding tert-OH is 2. The summed E-state index contributed by atoms with van der Waals surface area (Å²) >= 11 is 1.43. The molecule has 0 radical (unpaired) electrons. The molecule has 0 spiro atoms. The number of hydrogen-bond donors (Lipinski definition) is 3. The van der Waals surface area contributed by atoms with Crippen LogP contribution in [0.1, 0.15) is 73.8 Å². The monoisotopic (exact) mass is 529 g/mol. The molecule has 1 heterocycles. The number of methoxy groups -OCH3 is 1. The average Bonchev–Trinajstić information content (AvgIpc) is 3.30. The molecular formula is C28H39N3O5S. The Kier molecular flexibility index (Phi) is 7.97. The van der Waals surface area contributed by atoms with Gasteiger partial charge in [-0.3, -0.25) is 14.9 Å². The molecule has 0 bridgehead atoms. The zero-order valence-electron chi connectivity index (χ0n) is 22.4. The zero-order chi connectivity index (χ0) is 27.0. The van der Waals surface area contributed by atoms with Gasteiger partial charge in [0.25, 0.3) is 5.91 Å². The molecule has 4 rings (SSSR count). The van der Waals surface area contributed by atoms with E-state index < -0.39 is 11.5 Å². The number of aliphatic hydroxyl groups is 2. The summed E-state index contributed by atoms with van der Waals surface area (Å²) in [7, 11) is 1.58. The van der Waals surface area contributed by atoms with Crippen LogP contribution in [0, 0.1) is 16.7 Å². The minimum absolute atomic E-state index is 0.0265. The maximum atomic E-state index is 13.3. The van der Waals surface area contributed by atoms with Crippen LogP contribution in [0.25, 0.3) is 0 Å². The van der Waals surface area contributed by atoms with Crippen LogP contribution in [0.2, 0.25) is 0 Å². The van der Waals surface area contributed by atoms with Crippen LogP contribution >= 0.6 is 11.3 Å². The smallest absolute Gasteiger partial charge is 0.257 e. The molecule has 5 unspecified atom stereocenters.